The van der Waals surface area contributed by atoms with Gasteiger partial charge in [-0.3, -0.25) is 4.90 Å². The van der Waals surface area contributed by atoms with E-state index in [1.54, 1.807) is 0 Å². The number of fused-ring (bicyclic) bond motifs is 1. The fourth-order valence-electron chi connectivity index (χ4n) is 1.89. The number of hydrogen-bond donors (Lipinski definition) is 0. The van der Waals surface area contributed by atoms with Crippen LogP contribution in [0.1, 0.15) is 12.5 Å². The highest BCUT2D eigenvalue weighted by Crippen LogP contribution is 2.28. The molecule has 0 unspecified atom stereocenters. The average Bonchev–Trinajstić information content (AvgIpc) is 2.71. The third-order valence-electron chi connectivity index (χ3n) is 2.86. The van der Waals surface area contributed by atoms with E-state index in [4.69, 9.17) is 11.6 Å². The van der Waals surface area contributed by atoms with Gasteiger partial charge in [0.05, 0.1) is 0 Å². The lowest BCUT2D eigenvalue weighted by atomic mass is 10.1. The van der Waals surface area contributed by atoms with E-state index < -0.39 is 0 Å². The van der Waals surface area contributed by atoms with Crippen LogP contribution in [0.3, 0.4) is 0 Å². The minimum atomic E-state index is 0.702. The molecule has 0 radical (unpaired) electrons. The van der Waals surface area contributed by atoms with Gasteiger partial charge in [0.1, 0.15) is 0 Å². The Morgan fingerprint density at radius 3 is 2.94 bits per heavy atom. The summed E-state index contributed by atoms with van der Waals surface area (Å²) in [6, 6.07) is 6.65. The summed E-state index contributed by atoms with van der Waals surface area (Å²) in [5.41, 5.74) is 1.43. The zero-order valence-corrected chi connectivity index (χ0v) is 13.5. The van der Waals surface area contributed by atoms with Gasteiger partial charge in [-0.2, -0.15) is 0 Å². The van der Waals surface area contributed by atoms with Crippen LogP contribution in [0.5, 0.6) is 0 Å². The number of rotatable bonds is 5. The monoisotopic (exact) mass is 379 g/mol. The molecule has 0 aliphatic heterocycles. The van der Waals surface area contributed by atoms with Crippen LogP contribution in [-0.4, -0.2) is 23.9 Å². The molecular formula is C13H15ClINS. The molecule has 0 aliphatic rings. The van der Waals surface area contributed by atoms with Crippen molar-refractivity contribution in [1.82, 2.24) is 4.90 Å². The van der Waals surface area contributed by atoms with Crippen molar-refractivity contribution in [3.05, 3.63) is 32.7 Å². The predicted octanol–water partition coefficient (Wildman–Crippen LogP) is 4.57. The molecule has 0 saturated carbocycles. The van der Waals surface area contributed by atoms with Gasteiger partial charge in [-0.05, 0) is 63.7 Å². The number of hydrogen-bond acceptors (Lipinski definition) is 2. The Morgan fingerprint density at radius 1 is 1.41 bits per heavy atom. The molecule has 2 aromatic rings. The van der Waals surface area contributed by atoms with Gasteiger partial charge in [-0.1, -0.05) is 6.92 Å². The van der Waals surface area contributed by atoms with Gasteiger partial charge in [0.15, 0.2) is 0 Å². The van der Waals surface area contributed by atoms with E-state index in [0.717, 1.165) is 19.6 Å². The Kier molecular flexibility index (Phi) is 5.09. The van der Waals surface area contributed by atoms with E-state index in [-0.39, 0.29) is 0 Å². The first-order valence-corrected chi connectivity index (χ1v) is 8.18. The molecule has 1 heterocycles. The average molecular weight is 380 g/mol. The summed E-state index contributed by atoms with van der Waals surface area (Å²) in [6.45, 7) is 5.20. The summed E-state index contributed by atoms with van der Waals surface area (Å²) in [5.74, 6) is 0.702. The van der Waals surface area contributed by atoms with Crippen molar-refractivity contribution in [3.63, 3.8) is 0 Å². The molecule has 1 aromatic heterocycles. The molecule has 0 N–H and O–H groups in total. The first-order chi connectivity index (χ1) is 8.24. The quantitative estimate of drug-likeness (QED) is 0.543. The second-order valence-electron chi connectivity index (χ2n) is 3.96. The maximum absolute atomic E-state index is 5.82. The zero-order valence-electron chi connectivity index (χ0n) is 9.75. The van der Waals surface area contributed by atoms with E-state index >= 15 is 0 Å². The molecule has 2 rings (SSSR count). The molecule has 0 fully saturated rings. The number of benzene rings is 1. The van der Waals surface area contributed by atoms with Crippen molar-refractivity contribution >= 4 is 55.6 Å². The van der Waals surface area contributed by atoms with Gasteiger partial charge >= 0.3 is 0 Å². The van der Waals surface area contributed by atoms with Gasteiger partial charge in [0.25, 0.3) is 0 Å². The predicted molar refractivity (Wildman–Crippen MR) is 86.2 cm³/mol. The lowest BCUT2D eigenvalue weighted by molar-refractivity contribution is 0.299. The fourth-order valence-corrected chi connectivity index (χ4v) is 3.55. The maximum atomic E-state index is 5.82. The van der Waals surface area contributed by atoms with E-state index in [1.165, 1.54) is 19.2 Å². The fraction of sp³-hybridized carbons (Fsp3) is 0.385. The first-order valence-electron chi connectivity index (χ1n) is 5.68. The molecule has 4 heteroatoms. The van der Waals surface area contributed by atoms with Crippen molar-refractivity contribution in [2.75, 3.05) is 19.0 Å². The van der Waals surface area contributed by atoms with Gasteiger partial charge in [0, 0.05) is 27.2 Å². The molecule has 17 heavy (non-hydrogen) atoms. The minimum Gasteiger partial charge on any atom is -0.298 e. The zero-order chi connectivity index (χ0) is 12.3. The number of thiophene rings is 1. The topological polar surface area (TPSA) is 3.24 Å². The standard InChI is InChI=1S/C13H15ClINS/c1-2-16(6-5-14)8-10-9-17-13-4-3-11(15)7-12(10)13/h3-4,7,9H,2,5-6,8H2,1H3. The second-order valence-corrected chi connectivity index (χ2v) is 6.49. The number of nitrogens with zero attached hydrogens (tertiary/aromatic N) is 1. The van der Waals surface area contributed by atoms with Crippen LogP contribution in [-0.2, 0) is 6.54 Å². The highest BCUT2D eigenvalue weighted by molar-refractivity contribution is 14.1. The van der Waals surface area contributed by atoms with E-state index in [2.05, 4.69) is 58.0 Å². The summed E-state index contributed by atoms with van der Waals surface area (Å²) >= 11 is 10.0. The van der Waals surface area contributed by atoms with Crippen molar-refractivity contribution in [3.8, 4) is 0 Å². The van der Waals surface area contributed by atoms with Gasteiger partial charge in [-0.15, -0.1) is 22.9 Å². The third kappa shape index (κ3) is 3.34. The number of halogens is 2. The molecule has 0 amide bonds. The SMILES string of the molecule is CCN(CCCl)Cc1csc2ccc(I)cc12. The first kappa shape index (κ1) is 13.6. The van der Waals surface area contributed by atoms with Gasteiger partial charge in [-0.25, -0.2) is 0 Å². The van der Waals surface area contributed by atoms with Crippen molar-refractivity contribution in [2.45, 2.75) is 13.5 Å². The normalized spacial score (nSPS) is 11.5. The Bertz CT molecular complexity index is 497. The van der Waals surface area contributed by atoms with Crippen LogP contribution >= 0.6 is 45.5 Å². The van der Waals surface area contributed by atoms with E-state index in [9.17, 15) is 0 Å². The molecule has 0 spiro atoms. The lowest BCUT2D eigenvalue weighted by Crippen LogP contribution is -2.24. The minimum absolute atomic E-state index is 0.702. The largest absolute Gasteiger partial charge is 0.298 e. The number of alkyl halides is 1. The Hall–Kier alpha value is 0.160. The summed E-state index contributed by atoms with van der Waals surface area (Å²) in [6.07, 6.45) is 0. The molecular weight excluding hydrogens is 365 g/mol. The molecule has 0 aliphatic carbocycles. The molecule has 1 aromatic carbocycles. The summed E-state index contributed by atoms with van der Waals surface area (Å²) < 4.78 is 2.68. The van der Waals surface area contributed by atoms with Gasteiger partial charge in [0.2, 0.25) is 0 Å². The van der Waals surface area contributed by atoms with Crippen LogP contribution in [0.2, 0.25) is 0 Å². The summed E-state index contributed by atoms with van der Waals surface area (Å²) in [4.78, 5) is 2.38. The van der Waals surface area contributed by atoms with Crippen LogP contribution < -0.4 is 0 Å². The highest BCUT2D eigenvalue weighted by atomic mass is 127. The second kappa shape index (κ2) is 6.36. The molecule has 0 saturated heterocycles. The molecule has 92 valence electrons. The molecule has 0 bridgehead atoms. The van der Waals surface area contributed by atoms with E-state index in [0.29, 0.717) is 5.88 Å². The lowest BCUT2D eigenvalue weighted by Gasteiger charge is -2.18. The van der Waals surface area contributed by atoms with Crippen LogP contribution in [0, 0.1) is 3.57 Å². The van der Waals surface area contributed by atoms with Crippen molar-refractivity contribution in [2.24, 2.45) is 0 Å². The summed E-state index contributed by atoms with van der Waals surface area (Å²) in [5, 5.41) is 3.67. The van der Waals surface area contributed by atoms with Gasteiger partial charge < -0.3 is 0 Å². The Labute approximate surface area is 125 Å². The van der Waals surface area contributed by atoms with Crippen LogP contribution in [0.25, 0.3) is 10.1 Å². The van der Waals surface area contributed by atoms with Crippen LogP contribution in [0.15, 0.2) is 23.6 Å². The Morgan fingerprint density at radius 2 is 2.24 bits per heavy atom. The molecule has 0 atom stereocenters. The molecule has 1 nitrogen and oxygen atoms in total. The summed E-state index contributed by atoms with van der Waals surface area (Å²) in [7, 11) is 0. The highest BCUT2D eigenvalue weighted by Gasteiger charge is 2.08. The smallest absolute Gasteiger partial charge is 0.0351 e. The Balaban J connectivity index is 2.26. The van der Waals surface area contributed by atoms with E-state index in [1.807, 2.05) is 11.3 Å². The maximum Gasteiger partial charge on any atom is 0.0351 e. The van der Waals surface area contributed by atoms with Crippen molar-refractivity contribution < 1.29 is 0 Å². The van der Waals surface area contributed by atoms with Crippen LogP contribution in [0.4, 0.5) is 0 Å². The third-order valence-corrected chi connectivity index (χ3v) is 4.71. The van der Waals surface area contributed by atoms with Crippen molar-refractivity contribution in [1.29, 1.82) is 0 Å².